The van der Waals surface area contributed by atoms with E-state index in [9.17, 15) is 0 Å². The van der Waals surface area contributed by atoms with E-state index in [0.717, 1.165) is 25.8 Å². The topological polar surface area (TPSA) is 3.24 Å². The van der Waals surface area contributed by atoms with E-state index in [0.29, 0.717) is 0 Å². The predicted octanol–water partition coefficient (Wildman–Crippen LogP) is 5.33. The largest absolute Gasteiger partial charge is 0.347 e. The van der Waals surface area contributed by atoms with Gasteiger partial charge in [0.1, 0.15) is 0 Å². The zero-order valence-electron chi connectivity index (χ0n) is 13.1. The molecule has 0 unspecified atom stereocenters. The van der Waals surface area contributed by atoms with Crippen LogP contribution in [0, 0.1) is 0 Å². The Morgan fingerprint density at radius 3 is 2.61 bits per heavy atom. The molecule has 0 aromatic heterocycles. The molecule has 1 heteroatoms. The lowest BCUT2D eigenvalue weighted by Gasteiger charge is -2.24. The molecule has 0 amide bonds. The lowest BCUT2D eigenvalue weighted by Crippen LogP contribution is -2.13. The van der Waals surface area contributed by atoms with Crippen LogP contribution >= 0.6 is 0 Å². The first-order valence-electron chi connectivity index (χ1n) is 8.48. The summed E-state index contributed by atoms with van der Waals surface area (Å²) in [5, 5.41) is 2.81. The summed E-state index contributed by atoms with van der Waals surface area (Å²) in [6.45, 7) is 1.10. The van der Waals surface area contributed by atoms with Crippen LogP contribution in [0.2, 0.25) is 0 Å². The first-order chi connectivity index (χ1) is 11.4. The molecule has 2 aliphatic rings. The van der Waals surface area contributed by atoms with Gasteiger partial charge in [-0.15, -0.1) is 0 Å². The second-order valence-corrected chi connectivity index (χ2v) is 6.49. The van der Waals surface area contributed by atoms with Crippen LogP contribution in [0.4, 0.5) is 5.69 Å². The third-order valence-corrected chi connectivity index (χ3v) is 5.23. The van der Waals surface area contributed by atoms with Crippen molar-refractivity contribution in [3.63, 3.8) is 0 Å². The maximum absolute atomic E-state index is 2.38. The molecule has 3 aromatic carbocycles. The van der Waals surface area contributed by atoms with Crippen molar-refractivity contribution in [3.05, 3.63) is 78.0 Å². The Labute approximate surface area is 136 Å². The van der Waals surface area contributed by atoms with Gasteiger partial charge in [-0.25, -0.2) is 0 Å². The minimum absolute atomic E-state index is 1.10. The standard InChI is InChI=1S/C22H19N/c1-2-7-17-16(6-1)10-11-20-18-8-5-9-22(23-14-3-4-15-23)21(18)13-12-19(17)20/h1-3,5-9,12-14H,4,10-11,15H2. The number of benzene rings is 3. The Morgan fingerprint density at radius 2 is 1.70 bits per heavy atom. The Bertz CT molecular complexity index is 936. The molecular formula is C22H19N. The van der Waals surface area contributed by atoms with Gasteiger partial charge >= 0.3 is 0 Å². The molecule has 0 N–H and O–H groups in total. The van der Waals surface area contributed by atoms with Crippen LogP contribution in [0.25, 0.3) is 21.9 Å². The molecule has 0 atom stereocenters. The lowest BCUT2D eigenvalue weighted by molar-refractivity contribution is 0.950. The number of hydrogen-bond acceptors (Lipinski definition) is 1. The second-order valence-electron chi connectivity index (χ2n) is 6.49. The van der Waals surface area contributed by atoms with Crippen LogP contribution in [0.15, 0.2) is 66.9 Å². The molecule has 1 aliphatic heterocycles. The average Bonchev–Trinajstić information content (AvgIpc) is 3.15. The van der Waals surface area contributed by atoms with Crippen molar-refractivity contribution in [2.75, 3.05) is 11.4 Å². The molecule has 0 saturated heterocycles. The first kappa shape index (κ1) is 13.0. The van der Waals surface area contributed by atoms with Gasteiger partial charge in [0, 0.05) is 23.8 Å². The third-order valence-electron chi connectivity index (χ3n) is 5.23. The van der Waals surface area contributed by atoms with Crippen LogP contribution in [0.1, 0.15) is 17.5 Å². The van der Waals surface area contributed by atoms with Gasteiger partial charge in [0.15, 0.2) is 0 Å². The summed E-state index contributed by atoms with van der Waals surface area (Å²) in [7, 11) is 0. The smallest absolute Gasteiger partial charge is 0.0485 e. The van der Waals surface area contributed by atoms with Gasteiger partial charge in [-0.3, -0.25) is 0 Å². The van der Waals surface area contributed by atoms with Crippen LogP contribution in [-0.2, 0) is 12.8 Å². The summed E-state index contributed by atoms with van der Waals surface area (Å²) in [5.41, 5.74) is 7.19. The molecule has 0 bridgehead atoms. The van der Waals surface area contributed by atoms with E-state index in [2.05, 4.69) is 71.8 Å². The summed E-state index contributed by atoms with van der Waals surface area (Å²) in [5.74, 6) is 0. The monoisotopic (exact) mass is 297 g/mol. The maximum atomic E-state index is 2.38. The molecule has 23 heavy (non-hydrogen) atoms. The fourth-order valence-electron chi connectivity index (χ4n) is 4.13. The number of hydrogen-bond donors (Lipinski definition) is 0. The average molecular weight is 297 g/mol. The molecule has 3 aromatic rings. The van der Waals surface area contributed by atoms with Crippen molar-refractivity contribution in [3.8, 4) is 11.1 Å². The normalized spacial score (nSPS) is 15.7. The van der Waals surface area contributed by atoms with Gasteiger partial charge in [0.2, 0.25) is 0 Å². The number of fused-ring (bicyclic) bond motifs is 5. The fourth-order valence-corrected chi connectivity index (χ4v) is 4.13. The fraction of sp³-hybridized carbons (Fsp3) is 0.182. The molecule has 0 spiro atoms. The van der Waals surface area contributed by atoms with Crippen molar-refractivity contribution in [1.29, 1.82) is 0 Å². The minimum atomic E-state index is 1.10. The Hall–Kier alpha value is -2.54. The highest BCUT2D eigenvalue weighted by Crippen LogP contribution is 2.40. The van der Waals surface area contributed by atoms with Gasteiger partial charge in [0.05, 0.1) is 0 Å². The van der Waals surface area contributed by atoms with Gasteiger partial charge in [-0.05, 0) is 53.0 Å². The minimum Gasteiger partial charge on any atom is -0.347 e. The molecule has 1 aliphatic carbocycles. The molecule has 0 radical (unpaired) electrons. The summed E-state index contributed by atoms with van der Waals surface area (Å²) < 4.78 is 0. The number of nitrogens with zero attached hydrogens (tertiary/aromatic N) is 1. The Balaban J connectivity index is 1.76. The second kappa shape index (κ2) is 4.99. The highest BCUT2D eigenvalue weighted by Gasteiger charge is 2.19. The highest BCUT2D eigenvalue weighted by atomic mass is 15.1. The summed E-state index contributed by atoms with van der Waals surface area (Å²) in [6, 6.07) is 20.3. The van der Waals surface area contributed by atoms with E-state index in [4.69, 9.17) is 0 Å². The van der Waals surface area contributed by atoms with Gasteiger partial charge < -0.3 is 4.90 Å². The predicted molar refractivity (Wildman–Crippen MR) is 97.9 cm³/mol. The van der Waals surface area contributed by atoms with Gasteiger partial charge in [-0.2, -0.15) is 0 Å². The molecule has 0 saturated carbocycles. The molecule has 112 valence electrons. The molecule has 1 heterocycles. The highest BCUT2D eigenvalue weighted by molar-refractivity contribution is 6.00. The van der Waals surface area contributed by atoms with Gasteiger partial charge in [-0.1, -0.05) is 54.6 Å². The number of anilines is 1. The number of aryl methyl sites for hydroxylation is 2. The van der Waals surface area contributed by atoms with Crippen molar-refractivity contribution in [2.24, 2.45) is 0 Å². The Morgan fingerprint density at radius 1 is 0.739 bits per heavy atom. The quantitative estimate of drug-likeness (QED) is 0.587. The van der Waals surface area contributed by atoms with Crippen LogP contribution in [-0.4, -0.2) is 6.54 Å². The first-order valence-corrected chi connectivity index (χ1v) is 8.48. The summed E-state index contributed by atoms with van der Waals surface area (Å²) in [4.78, 5) is 2.38. The van der Waals surface area contributed by atoms with E-state index in [-0.39, 0.29) is 0 Å². The molecular weight excluding hydrogens is 278 g/mol. The van der Waals surface area contributed by atoms with Crippen molar-refractivity contribution in [2.45, 2.75) is 19.3 Å². The van der Waals surface area contributed by atoms with E-state index < -0.39 is 0 Å². The summed E-state index contributed by atoms with van der Waals surface area (Å²) in [6.07, 6.45) is 7.92. The van der Waals surface area contributed by atoms with Crippen LogP contribution in [0.5, 0.6) is 0 Å². The molecule has 0 fully saturated rings. The lowest BCUT2D eigenvalue weighted by atomic mass is 9.83. The molecule has 5 rings (SSSR count). The summed E-state index contributed by atoms with van der Waals surface area (Å²) >= 11 is 0. The number of rotatable bonds is 1. The van der Waals surface area contributed by atoms with Gasteiger partial charge in [0.25, 0.3) is 0 Å². The third kappa shape index (κ3) is 1.93. The Kier molecular flexibility index (Phi) is 2.81. The zero-order valence-corrected chi connectivity index (χ0v) is 13.1. The van der Waals surface area contributed by atoms with E-state index in [1.165, 1.54) is 38.7 Å². The van der Waals surface area contributed by atoms with E-state index in [1.807, 2.05) is 0 Å². The molecule has 1 nitrogen and oxygen atoms in total. The maximum Gasteiger partial charge on any atom is 0.0485 e. The van der Waals surface area contributed by atoms with Crippen molar-refractivity contribution < 1.29 is 0 Å². The van der Waals surface area contributed by atoms with Crippen LogP contribution < -0.4 is 4.90 Å². The van der Waals surface area contributed by atoms with E-state index >= 15 is 0 Å². The van der Waals surface area contributed by atoms with E-state index in [1.54, 1.807) is 0 Å². The van der Waals surface area contributed by atoms with Crippen molar-refractivity contribution >= 4 is 16.5 Å². The zero-order chi connectivity index (χ0) is 15.2. The van der Waals surface area contributed by atoms with Crippen molar-refractivity contribution in [1.82, 2.24) is 0 Å². The van der Waals surface area contributed by atoms with Crippen LogP contribution in [0.3, 0.4) is 0 Å². The SMILES string of the molecule is C1=CN(c2cccc3c4c(ccc23)-c2ccccc2CC4)CC1.